The quantitative estimate of drug-likeness (QED) is 0.834. The van der Waals surface area contributed by atoms with Crippen molar-refractivity contribution in [3.8, 4) is 5.75 Å². The van der Waals surface area contributed by atoms with E-state index in [2.05, 4.69) is 10.1 Å². The van der Waals surface area contributed by atoms with Gasteiger partial charge in [0, 0.05) is 23.9 Å². The molecule has 0 unspecified atom stereocenters. The van der Waals surface area contributed by atoms with Gasteiger partial charge in [0.05, 0.1) is 0 Å². The number of amides is 1. The van der Waals surface area contributed by atoms with Gasteiger partial charge in [0.25, 0.3) is 5.91 Å². The number of nitrogens with two attached hydrogens (primary N) is 1. The number of anilines is 1. The van der Waals surface area contributed by atoms with E-state index in [1.807, 2.05) is 0 Å². The fourth-order valence-electron chi connectivity index (χ4n) is 1.77. The number of alkyl halides is 3. The molecule has 0 aliphatic heterocycles. The van der Waals surface area contributed by atoms with Crippen LogP contribution in [0.25, 0.3) is 0 Å². The van der Waals surface area contributed by atoms with Crippen LogP contribution in [0, 0.1) is 0 Å². The maximum atomic E-state index is 12.2. The monoisotopic (exact) mass is 382 g/mol. The van der Waals surface area contributed by atoms with Crippen molar-refractivity contribution in [1.82, 2.24) is 0 Å². The highest BCUT2D eigenvalue weighted by Gasteiger charge is 2.31. The van der Waals surface area contributed by atoms with Crippen LogP contribution >= 0.6 is 24.8 Å². The first-order valence-corrected chi connectivity index (χ1v) is 6.33. The SMILES string of the molecule is Cl.Cl.NCc1ccc(C(=O)Nc2cccc(OC(F)(F)F)c2)cc1. The summed E-state index contributed by atoms with van der Waals surface area (Å²) in [4.78, 5) is 12.0. The van der Waals surface area contributed by atoms with Gasteiger partial charge in [0.15, 0.2) is 0 Å². The topological polar surface area (TPSA) is 64.4 Å². The van der Waals surface area contributed by atoms with E-state index in [1.165, 1.54) is 12.1 Å². The highest BCUT2D eigenvalue weighted by atomic mass is 35.5. The molecule has 0 bridgehead atoms. The zero-order valence-electron chi connectivity index (χ0n) is 12.2. The molecule has 0 aliphatic rings. The van der Waals surface area contributed by atoms with E-state index in [-0.39, 0.29) is 30.5 Å². The largest absolute Gasteiger partial charge is 0.573 e. The summed E-state index contributed by atoms with van der Waals surface area (Å²) in [6, 6.07) is 11.7. The fourth-order valence-corrected chi connectivity index (χ4v) is 1.77. The van der Waals surface area contributed by atoms with Gasteiger partial charge in [-0.3, -0.25) is 4.79 Å². The standard InChI is InChI=1S/C15H13F3N2O2.2ClH/c16-15(17,18)22-13-3-1-2-12(8-13)20-14(21)11-6-4-10(9-19)5-7-11;;/h1-8H,9,19H2,(H,20,21);2*1H. The number of carbonyl (C=O) groups is 1. The minimum Gasteiger partial charge on any atom is -0.406 e. The predicted octanol–water partition coefficient (Wildman–Crippen LogP) is 4.14. The molecule has 0 aromatic heterocycles. The first-order valence-electron chi connectivity index (χ1n) is 6.33. The third-order valence-electron chi connectivity index (χ3n) is 2.78. The zero-order valence-corrected chi connectivity index (χ0v) is 13.8. The van der Waals surface area contributed by atoms with Crippen molar-refractivity contribution in [1.29, 1.82) is 0 Å². The van der Waals surface area contributed by atoms with E-state index in [0.29, 0.717) is 12.1 Å². The van der Waals surface area contributed by atoms with Crippen molar-refractivity contribution in [3.05, 3.63) is 59.7 Å². The maximum Gasteiger partial charge on any atom is 0.573 e. The highest BCUT2D eigenvalue weighted by Crippen LogP contribution is 2.25. The van der Waals surface area contributed by atoms with Crippen LogP contribution in [0.1, 0.15) is 15.9 Å². The van der Waals surface area contributed by atoms with Gasteiger partial charge in [-0.1, -0.05) is 18.2 Å². The van der Waals surface area contributed by atoms with Crippen LogP contribution in [-0.4, -0.2) is 12.3 Å². The van der Waals surface area contributed by atoms with Crippen LogP contribution < -0.4 is 15.8 Å². The molecule has 0 aliphatic carbocycles. The molecule has 0 heterocycles. The summed E-state index contributed by atoms with van der Waals surface area (Å²) in [6.45, 7) is 0.360. The highest BCUT2D eigenvalue weighted by molar-refractivity contribution is 6.04. The van der Waals surface area contributed by atoms with Gasteiger partial charge >= 0.3 is 6.36 Å². The first-order chi connectivity index (χ1) is 10.4. The molecule has 2 aromatic carbocycles. The Labute approximate surface area is 149 Å². The third-order valence-corrected chi connectivity index (χ3v) is 2.78. The molecule has 132 valence electrons. The molecule has 0 spiro atoms. The summed E-state index contributed by atoms with van der Waals surface area (Å²) in [6.07, 6.45) is -4.78. The Balaban J connectivity index is 0.00000264. The number of hydrogen-bond acceptors (Lipinski definition) is 3. The van der Waals surface area contributed by atoms with Gasteiger partial charge in [-0.2, -0.15) is 0 Å². The lowest BCUT2D eigenvalue weighted by atomic mass is 10.1. The number of ether oxygens (including phenoxy) is 1. The molecular weight excluding hydrogens is 368 g/mol. The molecule has 2 aromatic rings. The summed E-state index contributed by atoms with van der Waals surface area (Å²) in [5, 5.41) is 2.50. The third kappa shape index (κ3) is 6.66. The fraction of sp³-hybridized carbons (Fsp3) is 0.133. The van der Waals surface area contributed by atoms with E-state index in [0.717, 1.165) is 17.7 Å². The van der Waals surface area contributed by atoms with E-state index in [1.54, 1.807) is 24.3 Å². The van der Waals surface area contributed by atoms with Crippen LogP contribution in [0.5, 0.6) is 5.75 Å². The van der Waals surface area contributed by atoms with Gasteiger partial charge in [-0.15, -0.1) is 38.0 Å². The smallest absolute Gasteiger partial charge is 0.406 e. The van der Waals surface area contributed by atoms with Gasteiger partial charge in [0.1, 0.15) is 5.75 Å². The lowest BCUT2D eigenvalue weighted by Crippen LogP contribution is -2.17. The molecular formula is C15H15Cl2F3N2O2. The molecule has 0 radical (unpaired) electrons. The van der Waals surface area contributed by atoms with Gasteiger partial charge in [-0.05, 0) is 29.8 Å². The lowest BCUT2D eigenvalue weighted by molar-refractivity contribution is -0.274. The average molecular weight is 383 g/mol. The molecule has 1 amide bonds. The van der Waals surface area contributed by atoms with Gasteiger partial charge in [0.2, 0.25) is 0 Å². The Morgan fingerprint density at radius 3 is 2.25 bits per heavy atom. The normalized spacial score (nSPS) is 10.2. The minimum atomic E-state index is -4.78. The minimum absolute atomic E-state index is 0. The summed E-state index contributed by atoms with van der Waals surface area (Å²) in [5.74, 6) is -0.837. The molecule has 0 saturated heterocycles. The van der Waals surface area contributed by atoms with Crippen LogP contribution in [0.2, 0.25) is 0 Å². The van der Waals surface area contributed by atoms with Crippen molar-refractivity contribution in [3.63, 3.8) is 0 Å². The van der Waals surface area contributed by atoms with Crippen LogP contribution in [-0.2, 0) is 6.54 Å². The summed E-state index contributed by atoms with van der Waals surface area (Å²) >= 11 is 0. The molecule has 3 N–H and O–H groups in total. The van der Waals surface area contributed by atoms with E-state index in [9.17, 15) is 18.0 Å². The maximum absolute atomic E-state index is 12.2. The Morgan fingerprint density at radius 1 is 1.08 bits per heavy atom. The molecule has 4 nitrogen and oxygen atoms in total. The first kappa shape index (κ1) is 22.0. The van der Waals surface area contributed by atoms with E-state index < -0.39 is 18.0 Å². The van der Waals surface area contributed by atoms with Gasteiger partial charge in [-0.25, -0.2) is 0 Å². The lowest BCUT2D eigenvalue weighted by Gasteiger charge is -2.11. The van der Waals surface area contributed by atoms with Crippen molar-refractivity contribution in [2.24, 2.45) is 5.73 Å². The van der Waals surface area contributed by atoms with Crippen molar-refractivity contribution in [2.75, 3.05) is 5.32 Å². The molecule has 0 atom stereocenters. The Bertz CT molecular complexity index is 665. The van der Waals surface area contributed by atoms with E-state index in [4.69, 9.17) is 5.73 Å². The summed E-state index contributed by atoms with van der Waals surface area (Å²) in [5.41, 5.74) is 6.91. The number of rotatable bonds is 4. The number of hydrogen-bond donors (Lipinski definition) is 2. The van der Waals surface area contributed by atoms with Crippen molar-refractivity contribution >= 4 is 36.4 Å². The molecule has 24 heavy (non-hydrogen) atoms. The number of carbonyl (C=O) groups excluding carboxylic acids is 1. The zero-order chi connectivity index (χ0) is 16.2. The van der Waals surface area contributed by atoms with Crippen molar-refractivity contribution in [2.45, 2.75) is 12.9 Å². The summed E-state index contributed by atoms with van der Waals surface area (Å²) < 4.78 is 40.3. The Morgan fingerprint density at radius 2 is 1.71 bits per heavy atom. The number of benzene rings is 2. The van der Waals surface area contributed by atoms with Crippen LogP contribution in [0.4, 0.5) is 18.9 Å². The van der Waals surface area contributed by atoms with Crippen LogP contribution in [0.15, 0.2) is 48.5 Å². The predicted molar refractivity (Wildman–Crippen MR) is 89.9 cm³/mol. The second kappa shape index (κ2) is 9.36. The molecule has 9 heteroatoms. The molecule has 2 rings (SSSR count). The van der Waals surface area contributed by atoms with Crippen molar-refractivity contribution < 1.29 is 22.7 Å². The Kier molecular flexibility index (Phi) is 8.60. The van der Waals surface area contributed by atoms with E-state index >= 15 is 0 Å². The number of nitrogens with one attached hydrogen (secondary N) is 1. The van der Waals surface area contributed by atoms with Gasteiger partial charge < -0.3 is 15.8 Å². The second-order valence-electron chi connectivity index (χ2n) is 4.43. The summed E-state index contributed by atoms with van der Waals surface area (Å²) in [7, 11) is 0. The average Bonchev–Trinajstić information content (AvgIpc) is 2.46. The molecule has 0 saturated carbocycles. The molecule has 0 fully saturated rings. The second-order valence-corrected chi connectivity index (χ2v) is 4.43. The van der Waals surface area contributed by atoms with Crippen LogP contribution in [0.3, 0.4) is 0 Å². The number of halogens is 5. The Hall–Kier alpha value is -1.96.